The molecule has 3 fully saturated rings. The average molecular weight is 363 g/mol. The summed E-state index contributed by atoms with van der Waals surface area (Å²) in [5, 5.41) is 0. The number of rotatable bonds is 0. The van der Waals surface area contributed by atoms with Crippen molar-refractivity contribution in [2.24, 2.45) is 28.6 Å². The monoisotopic (exact) mass is 362 g/mol. The lowest BCUT2D eigenvalue weighted by Gasteiger charge is -2.55. The predicted octanol–water partition coefficient (Wildman–Crippen LogP) is 4.24. The lowest BCUT2D eigenvalue weighted by atomic mass is 9.48. The van der Waals surface area contributed by atoms with Crippen LogP contribution in [0.1, 0.15) is 46.0 Å². The Balaban J connectivity index is 1.72. The molecule has 3 saturated carbocycles. The summed E-state index contributed by atoms with van der Waals surface area (Å²) in [6.07, 6.45) is 11.0. The largest absolute Gasteiger partial charge is 0.298 e. The molecule has 0 aromatic carbocycles. The highest BCUT2D eigenvalue weighted by Gasteiger charge is 2.60. The van der Waals surface area contributed by atoms with Gasteiger partial charge in [0.2, 0.25) is 0 Å². The molecule has 0 spiro atoms. The van der Waals surface area contributed by atoms with Gasteiger partial charge in [-0.3, -0.25) is 9.59 Å². The van der Waals surface area contributed by atoms with Crippen LogP contribution in [0.4, 0.5) is 0 Å². The van der Waals surface area contributed by atoms with E-state index in [1.807, 2.05) is 6.08 Å². The molecule has 0 bridgehead atoms. The molecule has 0 unspecified atom stereocenters. The third-order valence-corrected chi connectivity index (χ3v) is 8.04. The van der Waals surface area contributed by atoms with Crippen molar-refractivity contribution in [1.29, 1.82) is 0 Å². The zero-order valence-electron chi connectivity index (χ0n) is 13.3. The van der Waals surface area contributed by atoms with E-state index in [4.69, 9.17) is 0 Å². The van der Waals surface area contributed by atoms with Gasteiger partial charge in [0.15, 0.2) is 11.6 Å². The maximum atomic E-state index is 12.6. The summed E-state index contributed by atoms with van der Waals surface area (Å²) in [5.74, 6) is 2.28. The van der Waals surface area contributed by atoms with Crippen molar-refractivity contribution in [3.05, 3.63) is 23.8 Å². The number of Topliss-reactive ketones (excluding diaryl/α,β-unsaturated/α-hetero) is 1. The second kappa shape index (κ2) is 4.66. The van der Waals surface area contributed by atoms with Crippen LogP contribution in [0.3, 0.4) is 0 Å². The van der Waals surface area contributed by atoms with Crippen LogP contribution in [-0.4, -0.2) is 16.4 Å². The topological polar surface area (TPSA) is 34.1 Å². The number of hydrogen-bond acceptors (Lipinski definition) is 2. The van der Waals surface area contributed by atoms with Gasteiger partial charge in [-0.1, -0.05) is 41.4 Å². The van der Waals surface area contributed by atoms with E-state index in [0.29, 0.717) is 23.5 Å². The first-order valence-corrected chi connectivity index (χ1v) is 9.40. The summed E-state index contributed by atoms with van der Waals surface area (Å²) >= 11 is 3.62. The fourth-order valence-electron chi connectivity index (χ4n) is 5.95. The van der Waals surface area contributed by atoms with Crippen molar-refractivity contribution < 1.29 is 9.59 Å². The van der Waals surface area contributed by atoms with E-state index in [1.54, 1.807) is 6.08 Å². The highest BCUT2D eigenvalue weighted by molar-refractivity contribution is 9.10. The number of ketones is 2. The molecule has 0 heterocycles. The molecule has 3 heteroatoms. The van der Waals surface area contributed by atoms with Crippen LogP contribution in [0.5, 0.6) is 0 Å². The van der Waals surface area contributed by atoms with E-state index in [0.717, 1.165) is 32.1 Å². The van der Waals surface area contributed by atoms with Crippen molar-refractivity contribution in [2.45, 2.75) is 50.8 Å². The number of fused-ring (bicyclic) bond motifs is 5. The normalized spacial score (nSPS) is 50.2. The van der Waals surface area contributed by atoms with Gasteiger partial charge in [-0.15, -0.1) is 0 Å². The maximum Gasteiger partial charge on any atom is 0.178 e. The van der Waals surface area contributed by atoms with E-state index in [1.165, 1.54) is 5.57 Å². The standard InChI is InChI=1S/C19H23BrO2/c1-18-7-5-12(21)9-11(18)3-4-13-14(18)6-8-19(2)15(13)10-16(20)17(19)22/h5,7,9,13-16H,3-4,6,8,10H2,1-2H3/t13-,14+,15+,16+,18+,19+/m1/s1. The van der Waals surface area contributed by atoms with Crippen LogP contribution in [-0.2, 0) is 9.59 Å². The third-order valence-electron chi connectivity index (χ3n) is 7.25. The Labute approximate surface area is 140 Å². The molecule has 22 heavy (non-hydrogen) atoms. The van der Waals surface area contributed by atoms with Crippen molar-refractivity contribution >= 4 is 27.5 Å². The fraction of sp³-hybridized carbons (Fsp3) is 0.684. The second-order valence-electron chi connectivity index (χ2n) is 8.13. The minimum atomic E-state index is -0.124. The second-order valence-corrected chi connectivity index (χ2v) is 9.23. The van der Waals surface area contributed by atoms with Crippen LogP contribution in [0, 0.1) is 28.6 Å². The summed E-state index contributed by atoms with van der Waals surface area (Å²) in [5.41, 5.74) is 1.23. The Morgan fingerprint density at radius 2 is 1.95 bits per heavy atom. The number of carbonyl (C=O) groups is 2. The zero-order chi connectivity index (χ0) is 15.7. The van der Waals surface area contributed by atoms with E-state index in [-0.39, 0.29) is 21.4 Å². The van der Waals surface area contributed by atoms with E-state index in [9.17, 15) is 9.59 Å². The molecule has 0 amide bonds. The smallest absolute Gasteiger partial charge is 0.178 e. The molecule has 4 rings (SSSR count). The first-order valence-electron chi connectivity index (χ1n) is 8.49. The van der Waals surface area contributed by atoms with Crippen molar-refractivity contribution in [3.63, 3.8) is 0 Å². The molecule has 0 aromatic heterocycles. The third kappa shape index (κ3) is 1.78. The van der Waals surface area contributed by atoms with Crippen molar-refractivity contribution in [2.75, 3.05) is 0 Å². The number of allylic oxidation sites excluding steroid dienone is 4. The Morgan fingerprint density at radius 3 is 2.73 bits per heavy atom. The predicted molar refractivity (Wildman–Crippen MR) is 89.7 cm³/mol. The van der Waals surface area contributed by atoms with Gasteiger partial charge in [0.25, 0.3) is 0 Å². The van der Waals surface area contributed by atoms with Gasteiger partial charge in [0.05, 0.1) is 4.83 Å². The highest BCUT2D eigenvalue weighted by Crippen LogP contribution is 2.64. The Morgan fingerprint density at radius 1 is 1.18 bits per heavy atom. The lowest BCUT2D eigenvalue weighted by Crippen LogP contribution is -2.49. The van der Waals surface area contributed by atoms with Gasteiger partial charge in [-0.05, 0) is 62.0 Å². The number of halogens is 1. The average Bonchev–Trinajstić information content (AvgIpc) is 2.72. The van der Waals surface area contributed by atoms with Crippen LogP contribution in [0.15, 0.2) is 23.8 Å². The van der Waals surface area contributed by atoms with Gasteiger partial charge in [0, 0.05) is 10.8 Å². The molecular formula is C19H23BrO2. The Hall–Kier alpha value is -0.700. The van der Waals surface area contributed by atoms with E-state index in [2.05, 4.69) is 35.9 Å². The minimum Gasteiger partial charge on any atom is -0.298 e. The zero-order valence-corrected chi connectivity index (χ0v) is 14.9. The first-order chi connectivity index (χ1) is 10.4. The lowest BCUT2D eigenvalue weighted by molar-refractivity contribution is -0.131. The Kier molecular flexibility index (Phi) is 3.15. The molecule has 0 aromatic rings. The van der Waals surface area contributed by atoms with Crippen molar-refractivity contribution in [1.82, 2.24) is 0 Å². The van der Waals surface area contributed by atoms with Crippen LogP contribution in [0.2, 0.25) is 0 Å². The van der Waals surface area contributed by atoms with Crippen LogP contribution in [0.25, 0.3) is 0 Å². The molecule has 0 saturated heterocycles. The summed E-state index contributed by atoms with van der Waals surface area (Å²) in [6, 6.07) is 0. The summed E-state index contributed by atoms with van der Waals surface area (Å²) in [7, 11) is 0. The van der Waals surface area contributed by atoms with E-state index < -0.39 is 0 Å². The molecule has 0 radical (unpaired) electrons. The van der Waals surface area contributed by atoms with E-state index >= 15 is 0 Å². The fourth-order valence-corrected chi connectivity index (χ4v) is 6.87. The SMILES string of the molecule is C[C@]12C=CC(=O)C=C1CC[C@@H]1[C@@H]2CC[C@]2(C)C(=O)[C@@H](Br)C[C@@H]12. The van der Waals surface area contributed by atoms with Gasteiger partial charge in [-0.25, -0.2) is 0 Å². The Bertz CT molecular complexity index is 619. The maximum absolute atomic E-state index is 12.6. The molecule has 0 N–H and O–H groups in total. The molecule has 4 aliphatic rings. The van der Waals surface area contributed by atoms with Crippen LogP contribution < -0.4 is 0 Å². The van der Waals surface area contributed by atoms with Gasteiger partial charge >= 0.3 is 0 Å². The van der Waals surface area contributed by atoms with Crippen LogP contribution >= 0.6 is 15.9 Å². The van der Waals surface area contributed by atoms with Gasteiger partial charge in [0.1, 0.15) is 0 Å². The molecule has 2 nitrogen and oxygen atoms in total. The highest BCUT2D eigenvalue weighted by atomic mass is 79.9. The molecule has 4 aliphatic carbocycles. The van der Waals surface area contributed by atoms with Gasteiger partial charge < -0.3 is 0 Å². The van der Waals surface area contributed by atoms with Gasteiger partial charge in [-0.2, -0.15) is 0 Å². The molecular weight excluding hydrogens is 340 g/mol. The summed E-state index contributed by atoms with van der Waals surface area (Å²) < 4.78 is 0. The molecule has 118 valence electrons. The quantitative estimate of drug-likeness (QED) is 0.604. The minimum absolute atomic E-state index is 0.0333. The molecule has 0 aliphatic heterocycles. The first kappa shape index (κ1) is 14.9. The molecule has 6 atom stereocenters. The van der Waals surface area contributed by atoms with Crippen molar-refractivity contribution in [3.8, 4) is 0 Å². The number of alkyl halides is 1. The summed E-state index contributed by atoms with van der Waals surface area (Å²) in [4.78, 5) is 24.4. The number of carbonyl (C=O) groups excluding carboxylic acids is 2. The summed E-state index contributed by atoms with van der Waals surface area (Å²) in [6.45, 7) is 4.51. The number of hydrogen-bond donors (Lipinski definition) is 0.